The molecule has 0 aromatic heterocycles. The monoisotopic (exact) mass is 199 g/mol. The molecule has 1 nitrogen and oxygen atoms in total. The van der Waals surface area contributed by atoms with Gasteiger partial charge in [-0.2, -0.15) is 0 Å². The van der Waals surface area contributed by atoms with Crippen LogP contribution in [-0.4, -0.2) is 33.5 Å². The Morgan fingerprint density at radius 3 is 2.31 bits per heavy atom. The highest BCUT2D eigenvalue weighted by Crippen LogP contribution is 2.14. The molecule has 0 saturated heterocycles. The Labute approximate surface area is 85.4 Å². The quantitative estimate of drug-likeness (QED) is 0.450. The third-order valence-corrected chi connectivity index (χ3v) is 7.17. The zero-order valence-electron chi connectivity index (χ0n) is 9.71. The van der Waals surface area contributed by atoms with E-state index in [1.807, 2.05) is 0 Å². The van der Waals surface area contributed by atoms with Crippen molar-refractivity contribution in [2.75, 3.05) is 14.1 Å². The van der Waals surface area contributed by atoms with Crippen LogP contribution in [-0.2, 0) is 0 Å². The van der Waals surface area contributed by atoms with E-state index in [9.17, 15) is 0 Å². The zero-order valence-corrected chi connectivity index (χ0v) is 10.9. The van der Waals surface area contributed by atoms with Crippen molar-refractivity contribution < 1.29 is 0 Å². The van der Waals surface area contributed by atoms with Crippen molar-refractivity contribution in [3.8, 4) is 0 Å². The van der Waals surface area contributed by atoms with Crippen LogP contribution in [0.25, 0.3) is 0 Å². The average Bonchev–Trinajstić information content (AvgIpc) is 2.05. The van der Waals surface area contributed by atoms with Gasteiger partial charge in [-0.1, -0.05) is 32.4 Å². The lowest BCUT2D eigenvalue weighted by atomic mass is 10.4. The molecular formula is C11H25NSi. The molecule has 0 fully saturated rings. The van der Waals surface area contributed by atoms with Gasteiger partial charge in [0.05, 0.1) is 8.80 Å². The maximum atomic E-state index is 3.87. The standard InChI is InChI=1S/C11H25NSi/c1-6-9-13(10-7-2)11(8-3)12(4)5/h6,11,13H,1,7-10H2,2-5H3. The summed E-state index contributed by atoms with van der Waals surface area (Å²) in [5.74, 6) is 0. The topological polar surface area (TPSA) is 3.24 Å². The highest BCUT2D eigenvalue weighted by Gasteiger charge is 2.20. The van der Waals surface area contributed by atoms with E-state index < -0.39 is 8.80 Å². The lowest BCUT2D eigenvalue weighted by Gasteiger charge is -2.29. The van der Waals surface area contributed by atoms with Crippen LogP contribution in [0.3, 0.4) is 0 Å². The van der Waals surface area contributed by atoms with E-state index >= 15 is 0 Å². The normalized spacial score (nSPS) is 15.8. The molecule has 0 heterocycles. The third-order valence-electron chi connectivity index (χ3n) is 2.75. The molecule has 78 valence electrons. The van der Waals surface area contributed by atoms with Crippen LogP contribution in [0.5, 0.6) is 0 Å². The first-order valence-corrected chi connectivity index (χ1v) is 7.74. The van der Waals surface area contributed by atoms with E-state index in [4.69, 9.17) is 0 Å². The van der Waals surface area contributed by atoms with Gasteiger partial charge in [-0.3, -0.25) is 0 Å². The molecule has 0 aliphatic heterocycles. The van der Waals surface area contributed by atoms with E-state index in [0.717, 1.165) is 5.67 Å². The maximum absolute atomic E-state index is 3.87. The summed E-state index contributed by atoms with van der Waals surface area (Å²) in [6.45, 7) is 8.48. The highest BCUT2D eigenvalue weighted by molar-refractivity contribution is 6.61. The summed E-state index contributed by atoms with van der Waals surface area (Å²) in [7, 11) is 3.83. The second kappa shape index (κ2) is 7.33. The van der Waals surface area contributed by atoms with Crippen LogP contribution >= 0.6 is 0 Å². The lowest BCUT2D eigenvalue weighted by molar-refractivity contribution is 0.359. The summed E-state index contributed by atoms with van der Waals surface area (Å²) in [6, 6.07) is 2.76. The molecule has 13 heavy (non-hydrogen) atoms. The van der Waals surface area contributed by atoms with Crippen molar-refractivity contribution in [2.45, 2.75) is 44.4 Å². The molecule has 2 atom stereocenters. The van der Waals surface area contributed by atoms with Crippen LogP contribution in [0.1, 0.15) is 26.7 Å². The minimum Gasteiger partial charge on any atom is -0.310 e. The minimum absolute atomic E-state index is 0.599. The molecule has 0 amide bonds. The van der Waals surface area contributed by atoms with Gasteiger partial charge in [0.2, 0.25) is 0 Å². The van der Waals surface area contributed by atoms with Crippen molar-refractivity contribution in [1.82, 2.24) is 4.90 Å². The number of hydrogen-bond acceptors (Lipinski definition) is 1. The van der Waals surface area contributed by atoms with E-state index in [0.29, 0.717) is 0 Å². The Kier molecular flexibility index (Phi) is 7.29. The van der Waals surface area contributed by atoms with Gasteiger partial charge in [-0.05, 0) is 32.2 Å². The van der Waals surface area contributed by atoms with E-state index in [1.54, 1.807) is 0 Å². The fourth-order valence-corrected chi connectivity index (χ4v) is 5.79. The molecule has 0 bridgehead atoms. The lowest BCUT2D eigenvalue weighted by Crippen LogP contribution is -2.41. The van der Waals surface area contributed by atoms with Crippen LogP contribution in [0.2, 0.25) is 12.1 Å². The first-order chi connectivity index (χ1) is 6.17. The molecule has 0 radical (unpaired) electrons. The summed E-state index contributed by atoms with van der Waals surface area (Å²) in [6.07, 6.45) is 4.77. The Morgan fingerprint density at radius 2 is 2.00 bits per heavy atom. The van der Waals surface area contributed by atoms with Crippen LogP contribution < -0.4 is 0 Å². The highest BCUT2D eigenvalue weighted by atomic mass is 28.3. The predicted octanol–water partition coefficient (Wildman–Crippen LogP) is 2.69. The molecule has 2 heteroatoms. The second-order valence-electron chi connectivity index (χ2n) is 4.01. The summed E-state index contributed by atoms with van der Waals surface area (Å²) >= 11 is 0. The van der Waals surface area contributed by atoms with E-state index in [1.165, 1.54) is 24.9 Å². The fourth-order valence-electron chi connectivity index (χ4n) is 2.17. The summed E-state index contributed by atoms with van der Waals surface area (Å²) < 4.78 is 0. The average molecular weight is 199 g/mol. The molecule has 0 aliphatic rings. The van der Waals surface area contributed by atoms with Gasteiger partial charge in [-0.15, -0.1) is 6.58 Å². The maximum Gasteiger partial charge on any atom is 0.0606 e. The molecular weight excluding hydrogens is 174 g/mol. The van der Waals surface area contributed by atoms with Crippen LogP contribution in [0.4, 0.5) is 0 Å². The van der Waals surface area contributed by atoms with Gasteiger partial charge in [0.25, 0.3) is 0 Å². The van der Waals surface area contributed by atoms with Gasteiger partial charge in [0, 0.05) is 0 Å². The molecule has 0 aliphatic carbocycles. The number of nitrogens with zero attached hydrogens (tertiary/aromatic N) is 1. The van der Waals surface area contributed by atoms with Crippen LogP contribution in [0.15, 0.2) is 12.7 Å². The van der Waals surface area contributed by atoms with Gasteiger partial charge in [0.15, 0.2) is 0 Å². The Balaban J connectivity index is 4.19. The van der Waals surface area contributed by atoms with Crippen molar-refractivity contribution >= 4 is 8.80 Å². The molecule has 0 aromatic carbocycles. The molecule has 0 aromatic rings. The van der Waals surface area contributed by atoms with Gasteiger partial charge in [-0.25, -0.2) is 0 Å². The van der Waals surface area contributed by atoms with E-state index in [-0.39, 0.29) is 0 Å². The molecule has 0 spiro atoms. The van der Waals surface area contributed by atoms with Crippen molar-refractivity contribution in [1.29, 1.82) is 0 Å². The minimum atomic E-state index is -0.599. The summed E-state index contributed by atoms with van der Waals surface area (Å²) in [5.41, 5.74) is 0.859. The van der Waals surface area contributed by atoms with Gasteiger partial charge in [0.1, 0.15) is 0 Å². The van der Waals surface area contributed by atoms with Crippen molar-refractivity contribution in [2.24, 2.45) is 0 Å². The summed E-state index contributed by atoms with van der Waals surface area (Å²) in [4.78, 5) is 2.41. The van der Waals surface area contributed by atoms with Crippen molar-refractivity contribution in [3.05, 3.63) is 12.7 Å². The second-order valence-corrected chi connectivity index (χ2v) is 7.35. The molecule has 0 rings (SSSR count). The predicted molar refractivity (Wildman–Crippen MR) is 65.0 cm³/mol. The zero-order chi connectivity index (χ0) is 10.3. The smallest absolute Gasteiger partial charge is 0.0606 e. The Morgan fingerprint density at radius 1 is 1.38 bits per heavy atom. The molecule has 2 unspecified atom stereocenters. The largest absolute Gasteiger partial charge is 0.310 e. The van der Waals surface area contributed by atoms with Crippen molar-refractivity contribution in [3.63, 3.8) is 0 Å². The van der Waals surface area contributed by atoms with Gasteiger partial charge >= 0.3 is 0 Å². The summed E-state index contributed by atoms with van der Waals surface area (Å²) in [5, 5.41) is 0. The molecule has 0 N–H and O–H groups in total. The Bertz CT molecular complexity index is 134. The first kappa shape index (κ1) is 12.9. The Hall–Kier alpha value is -0.0831. The number of rotatable bonds is 7. The fraction of sp³-hybridized carbons (Fsp3) is 0.818. The van der Waals surface area contributed by atoms with Gasteiger partial charge < -0.3 is 4.90 Å². The van der Waals surface area contributed by atoms with Crippen LogP contribution in [0, 0.1) is 0 Å². The van der Waals surface area contributed by atoms with E-state index in [2.05, 4.69) is 45.5 Å². The third kappa shape index (κ3) is 4.63. The number of allylic oxidation sites excluding steroid dienone is 1. The SMILES string of the molecule is C=CC[SiH](CCC)C(CC)N(C)C. The molecule has 0 saturated carbocycles. The first-order valence-electron chi connectivity index (χ1n) is 5.44. The number of hydrogen-bond donors (Lipinski definition) is 0.